The lowest BCUT2D eigenvalue weighted by molar-refractivity contribution is -0.219. The first-order chi connectivity index (χ1) is 16.2. The fraction of sp³-hybridized carbons (Fsp3) is 0.774. The van der Waals surface area contributed by atoms with E-state index in [1.165, 1.54) is 44.1 Å². The summed E-state index contributed by atoms with van der Waals surface area (Å²) in [5, 5.41) is 9.60. The molecule has 3 nitrogen and oxygen atoms in total. The standard InChI is InChI=1S/C31H48O3/c1-6-25(26-11-13-27(32)14-12-26)10-9-15-29(4,5)28(33)34-31(7-2,8-3)30-19-22-16-23(20-30)18-24(17-22)21-30/h11-14,22-25,32H,6-10,15-21H2,1-5H3. The normalized spacial score (nSPS) is 29.3. The number of phenolic OH excluding ortho intramolecular Hbond substituents is 1. The van der Waals surface area contributed by atoms with Crippen molar-refractivity contribution in [3.63, 3.8) is 0 Å². The molecule has 4 aliphatic carbocycles. The Balaban J connectivity index is 1.41. The van der Waals surface area contributed by atoms with Gasteiger partial charge in [-0.3, -0.25) is 4.79 Å². The smallest absolute Gasteiger partial charge is 0.312 e. The molecule has 0 saturated heterocycles. The lowest BCUT2D eigenvalue weighted by Crippen LogP contribution is -2.60. The number of hydrogen-bond donors (Lipinski definition) is 1. The topological polar surface area (TPSA) is 46.5 Å². The minimum absolute atomic E-state index is 0.0182. The van der Waals surface area contributed by atoms with Gasteiger partial charge in [0.15, 0.2) is 0 Å². The fourth-order valence-electron chi connectivity index (χ4n) is 8.48. The number of benzene rings is 1. The number of ether oxygens (including phenoxy) is 1. The summed E-state index contributed by atoms with van der Waals surface area (Å²) in [4.78, 5) is 13.7. The van der Waals surface area contributed by atoms with Crippen molar-refractivity contribution < 1.29 is 14.6 Å². The Hall–Kier alpha value is -1.51. The highest BCUT2D eigenvalue weighted by Gasteiger charge is 2.61. The number of phenols is 1. The summed E-state index contributed by atoms with van der Waals surface area (Å²) in [7, 11) is 0. The number of carbonyl (C=O) groups is 1. The first-order valence-corrected chi connectivity index (χ1v) is 14.2. The highest BCUT2D eigenvalue weighted by Crippen LogP contribution is 2.66. The van der Waals surface area contributed by atoms with Crippen molar-refractivity contribution in [2.24, 2.45) is 28.6 Å². The molecule has 4 saturated carbocycles. The molecule has 1 atom stereocenters. The average Bonchev–Trinajstić information content (AvgIpc) is 2.80. The lowest BCUT2D eigenvalue weighted by atomic mass is 9.44. The van der Waals surface area contributed by atoms with Crippen LogP contribution in [-0.4, -0.2) is 16.7 Å². The molecule has 4 aliphatic rings. The maximum atomic E-state index is 13.7. The van der Waals surface area contributed by atoms with Crippen LogP contribution >= 0.6 is 0 Å². The van der Waals surface area contributed by atoms with Gasteiger partial charge in [0.25, 0.3) is 0 Å². The van der Waals surface area contributed by atoms with Crippen LogP contribution in [0.1, 0.15) is 123 Å². The first-order valence-electron chi connectivity index (χ1n) is 14.2. The van der Waals surface area contributed by atoms with E-state index in [-0.39, 0.29) is 17.0 Å². The molecule has 1 aromatic rings. The van der Waals surface area contributed by atoms with Crippen LogP contribution in [0.15, 0.2) is 24.3 Å². The molecule has 5 rings (SSSR count). The van der Waals surface area contributed by atoms with E-state index in [9.17, 15) is 9.90 Å². The third-order valence-corrected chi connectivity index (χ3v) is 10.2. The first kappa shape index (κ1) is 25.6. The molecule has 4 fully saturated rings. The summed E-state index contributed by atoms with van der Waals surface area (Å²) < 4.78 is 6.70. The second-order valence-electron chi connectivity index (χ2n) is 12.8. The van der Waals surface area contributed by atoms with Crippen molar-refractivity contribution in [2.75, 3.05) is 0 Å². The third kappa shape index (κ3) is 4.78. The highest BCUT2D eigenvalue weighted by atomic mass is 16.6. The van der Waals surface area contributed by atoms with E-state index in [4.69, 9.17) is 4.74 Å². The van der Waals surface area contributed by atoms with Gasteiger partial charge >= 0.3 is 5.97 Å². The van der Waals surface area contributed by atoms with E-state index in [1.807, 2.05) is 12.1 Å². The minimum atomic E-state index is -0.467. The van der Waals surface area contributed by atoms with Gasteiger partial charge < -0.3 is 9.84 Å². The maximum absolute atomic E-state index is 13.7. The predicted molar refractivity (Wildman–Crippen MR) is 139 cm³/mol. The number of rotatable bonds is 11. The monoisotopic (exact) mass is 468 g/mol. The Morgan fingerprint density at radius 2 is 1.53 bits per heavy atom. The van der Waals surface area contributed by atoms with Crippen LogP contribution in [0.4, 0.5) is 0 Å². The van der Waals surface area contributed by atoms with E-state index < -0.39 is 5.41 Å². The third-order valence-electron chi connectivity index (χ3n) is 10.2. The van der Waals surface area contributed by atoms with E-state index >= 15 is 0 Å². The van der Waals surface area contributed by atoms with Gasteiger partial charge in [0.05, 0.1) is 5.41 Å². The van der Waals surface area contributed by atoms with Crippen LogP contribution in [0, 0.1) is 28.6 Å². The molecule has 1 unspecified atom stereocenters. The van der Waals surface area contributed by atoms with E-state index in [2.05, 4.69) is 34.6 Å². The van der Waals surface area contributed by atoms with Crippen LogP contribution in [0.3, 0.4) is 0 Å². The van der Waals surface area contributed by atoms with Crippen LogP contribution in [0.2, 0.25) is 0 Å². The Labute approximate surface area is 208 Å². The zero-order valence-electron chi connectivity index (χ0n) is 22.4. The number of hydrogen-bond acceptors (Lipinski definition) is 3. The Morgan fingerprint density at radius 1 is 1.00 bits per heavy atom. The van der Waals surface area contributed by atoms with Gasteiger partial charge in [-0.25, -0.2) is 0 Å². The molecule has 0 amide bonds. The highest BCUT2D eigenvalue weighted by molar-refractivity contribution is 5.76. The zero-order chi connectivity index (χ0) is 24.6. The summed E-state index contributed by atoms with van der Waals surface area (Å²) in [5.41, 5.74) is 0.724. The van der Waals surface area contributed by atoms with Crippen LogP contribution in [-0.2, 0) is 9.53 Å². The molecule has 0 aromatic heterocycles. The van der Waals surface area contributed by atoms with Gasteiger partial charge in [-0.2, -0.15) is 0 Å². The van der Waals surface area contributed by atoms with Gasteiger partial charge in [-0.15, -0.1) is 0 Å². The minimum Gasteiger partial charge on any atom is -0.508 e. The second kappa shape index (κ2) is 9.86. The fourth-order valence-corrected chi connectivity index (χ4v) is 8.48. The lowest BCUT2D eigenvalue weighted by Gasteiger charge is -2.63. The van der Waals surface area contributed by atoms with Gasteiger partial charge in [0.1, 0.15) is 11.4 Å². The van der Waals surface area contributed by atoms with Gasteiger partial charge in [0.2, 0.25) is 0 Å². The molecular weight excluding hydrogens is 420 g/mol. The average molecular weight is 469 g/mol. The van der Waals surface area contributed by atoms with Crippen molar-refractivity contribution in [1.82, 2.24) is 0 Å². The van der Waals surface area contributed by atoms with E-state index in [0.29, 0.717) is 11.7 Å². The van der Waals surface area contributed by atoms with Crippen molar-refractivity contribution in [3.8, 4) is 5.75 Å². The molecular formula is C31H48O3. The number of esters is 1. The molecule has 0 spiro atoms. The molecule has 0 aliphatic heterocycles. The Bertz CT molecular complexity index is 797. The molecule has 0 radical (unpaired) electrons. The quantitative estimate of drug-likeness (QED) is 0.332. The Morgan fingerprint density at radius 3 is 2.00 bits per heavy atom. The van der Waals surface area contributed by atoms with Crippen molar-refractivity contribution in [1.29, 1.82) is 0 Å². The van der Waals surface area contributed by atoms with Crippen LogP contribution < -0.4 is 0 Å². The molecule has 190 valence electrons. The summed E-state index contributed by atoms with van der Waals surface area (Å²) in [6, 6.07) is 7.62. The van der Waals surface area contributed by atoms with Gasteiger partial charge in [0, 0.05) is 5.41 Å². The molecule has 1 N–H and O–H groups in total. The predicted octanol–water partition coefficient (Wildman–Crippen LogP) is 8.40. The van der Waals surface area contributed by atoms with Crippen molar-refractivity contribution in [2.45, 2.75) is 123 Å². The van der Waals surface area contributed by atoms with Crippen molar-refractivity contribution >= 4 is 5.97 Å². The van der Waals surface area contributed by atoms with Crippen LogP contribution in [0.5, 0.6) is 5.75 Å². The summed E-state index contributed by atoms with van der Waals surface area (Å²) >= 11 is 0. The second-order valence-corrected chi connectivity index (χ2v) is 12.8. The molecule has 0 heterocycles. The van der Waals surface area contributed by atoms with Crippen molar-refractivity contribution in [3.05, 3.63) is 29.8 Å². The van der Waals surface area contributed by atoms with Crippen LogP contribution in [0.25, 0.3) is 0 Å². The largest absolute Gasteiger partial charge is 0.508 e. The van der Waals surface area contributed by atoms with E-state index in [0.717, 1.165) is 56.3 Å². The summed E-state index contributed by atoms with van der Waals surface area (Å²) in [5.74, 6) is 3.38. The SMILES string of the molecule is CCC(CCCC(C)(C)C(=O)OC(CC)(CC)C12CC3CC(CC(C3)C1)C2)c1ccc(O)cc1. The van der Waals surface area contributed by atoms with Gasteiger partial charge in [-0.05, 0) is 126 Å². The molecule has 4 bridgehead atoms. The molecule has 1 aromatic carbocycles. The van der Waals surface area contributed by atoms with E-state index in [1.54, 1.807) is 12.1 Å². The molecule has 3 heteroatoms. The molecule has 34 heavy (non-hydrogen) atoms. The number of aromatic hydroxyl groups is 1. The summed E-state index contributed by atoms with van der Waals surface area (Å²) in [6.07, 6.45) is 13.9. The van der Waals surface area contributed by atoms with Gasteiger partial charge in [-0.1, -0.05) is 39.3 Å². The zero-order valence-corrected chi connectivity index (χ0v) is 22.4. The number of carbonyl (C=O) groups excluding carboxylic acids is 1. The Kier molecular flexibility index (Phi) is 7.42. The maximum Gasteiger partial charge on any atom is 0.312 e. The summed E-state index contributed by atoms with van der Waals surface area (Å²) in [6.45, 7) is 10.9.